The van der Waals surface area contributed by atoms with Gasteiger partial charge in [0.05, 0.1) is 10.6 Å². The Labute approximate surface area is 148 Å². The summed E-state index contributed by atoms with van der Waals surface area (Å²) in [6, 6.07) is 10.6. The third-order valence-corrected chi connectivity index (χ3v) is 5.81. The summed E-state index contributed by atoms with van der Waals surface area (Å²) in [5, 5.41) is 10.9. The Balaban J connectivity index is 2.08. The first kappa shape index (κ1) is 18.3. The fourth-order valence-electron chi connectivity index (χ4n) is 1.97. The van der Waals surface area contributed by atoms with E-state index in [1.165, 1.54) is 4.68 Å². The van der Waals surface area contributed by atoms with Gasteiger partial charge in [0.2, 0.25) is 5.16 Å². The number of hydrogen-bond acceptors (Lipinski definition) is 6. The minimum Gasteiger partial charge on any atom is -0.214 e. The highest BCUT2D eigenvalue weighted by molar-refractivity contribution is 8.00. The molecule has 26 heavy (non-hydrogen) atoms. The van der Waals surface area contributed by atoms with Crippen LogP contribution in [0.1, 0.15) is 0 Å². The molecule has 0 bridgehead atoms. The van der Waals surface area contributed by atoms with Crippen molar-refractivity contribution in [1.29, 1.82) is 0 Å². The summed E-state index contributed by atoms with van der Waals surface area (Å²) in [4.78, 5) is -1.55. The third-order valence-electron chi connectivity index (χ3n) is 3.14. The minimum atomic E-state index is -5.75. The molecule has 0 fully saturated rings. The van der Waals surface area contributed by atoms with Gasteiger partial charge in [-0.1, -0.05) is 18.2 Å². The van der Waals surface area contributed by atoms with E-state index in [9.17, 15) is 26.0 Å². The fourth-order valence-corrected chi connectivity index (χ4v) is 4.08. The van der Waals surface area contributed by atoms with E-state index >= 15 is 0 Å². The van der Waals surface area contributed by atoms with Crippen LogP contribution in [0.4, 0.5) is 17.6 Å². The van der Waals surface area contributed by atoms with Crippen molar-refractivity contribution in [3.05, 3.63) is 54.3 Å². The molecule has 0 saturated heterocycles. The van der Waals surface area contributed by atoms with Gasteiger partial charge in [-0.05, 0) is 52.5 Å². The monoisotopic (exact) mass is 404 g/mol. The van der Waals surface area contributed by atoms with Crippen LogP contribution in [0.15, 0.2) is 63.5 Å². The summed E-state index contributed by atoms with van der Waals surface area (Å²) in [5.74, 6) is -1.11. The molecular formula is C14H8F4N4O2S2. The van der Waals surface area contributed by atoms with Gasteiger partial charge in [-0.3, -0.25) is 0 Å². The molecule has 0 radical (unpaired) electrons. The maximum atomic E-state index is 13.4. The van der Waals surface area contributed by atoms with Gasteiger partial charge in [-0.25, -0.2) is 12.8 Å². The van der Waals surface area contributed by atoms with Crippen LogP contribution in [-0.2, 0) is 9.84 Å². The molecule has 1 aromatic heterocycles. The highest BCUT2D eigenvalue weighted by atomic mass is 32.2. The van der Waals surface area contributed by atoms with E-state index in [-0.39, 0.29) is 10.1 Å². The average Bonchev–Trinajstić information content (AvgIpc) is 3.04. The molecule has 0 spiro atoms. The van der Waals surface area contributed by atoms with Crippen molar-refractivity contribution < 1.29 is 26.0 Å². The van der Waals surface area contributed by atoms with Crippen LogP contribution in [-0.4, -0.2) is 34.1 Å². The van der Waals surface area contributed by atoms with E-state index in [1.807, 2.05) is 0 Å². The predicted octanol–water partition coefficient (Wildman–Crippen LogP) is 3.25. The SMILES string of the molecule is O=S(=O)(c1cc(F)ccc1Sc1nnnn1-c1ccccc1)C(F)(F)F. The fraction of sp³-hybridized carbons (Fsp3) is 0.0714. The smallest absolute Gasteiger partial charge is 0.214 e. The molecule has 12 heteroatoms. The first-order chi connectivity index (χ1) is 12.2. The normalized spacial score (nSPS) is 12.3. The molecule has 1 heterocycles. The van der Waals surface area contributed by atoms with Gasteiger partial charge in [0.25, 0.3) is 9.84 Å². The van der Waals surface area contributed by atoms with Gasteiger partial charge < -0.3 is 0 Å². The van der Waals surface area contributed by atoms with Gasteiger partial charge in [0.1, 0.15) is 5.82 Å². The number of rotatable bonds is 4. The molecule has 0 N–H and O–H groups in total. The average molecular weight is 404 g/mol. The Kier molecular flexibility index (Phi) is 4.71. The molecule has 0 aliphatic heterocycles. The van der Waals surface area contributed by atoms with Crippen molar-refractivity contribution in [1.82, 2.24) is 20.2 Å². The lowest BCUT2D eigenvalue weighted by atomic mass is 10.3. The number of benzene rings is 2. The van der Waals surface area contributed by atoms with E-state index in [0.29, 0.717) is 23.5 Å². The maximum Gasteiger partial charge on any atom is 0.501 e. The second-order valence-corrected chi connectivity index (χ2v) is 7.77. The van der Waals surface area contributed by atoms with E-state index < -0.39 is 26.1 Å². The zero-order valence-electron chi connectivity index (χ0n) is 12.6. The number of halogens is 4. The highest BCUT2D eigenvalue weighted by Gasteiger charge is 2.48. The molecule has 0 atom stereocenters. The first-order valence-corrected chi connectivity index (χ1v) is 9.12. The van der Waals surface area contributed by atoms with E-state index in [4.69, 9.17) is 0 Å². The summed E-state index contributed by atoms with van der Waals surface area (Å²) in [7, 11) is -5.75. The predicted molar refractivity (Wildman–Crippen MR) is 82.9 cm³/mol. The molecule has 0 aliphatic carbocycles. The quantitative estimate of drug-likeness (QED) is 0.622. The lowest BCUT2D eigenvalue weighted by molar-refractivity contribution is -0.0437. The Hall–Kier alpha value is -2.47. The molecule has 2 aromatic carbocycles. The molecule has 0 unspecified atom stereocenters. The van der Waals surface area contributed by atoms with Crippen molar-refractivity contribution >= 4 is 21.6 Å². The summed E-state index contributed by atoms with van der Waals surface area (Å²) in [5.41, 5.74) is -5.05. The molecule has 136 valence electrons. The number of tetrazole rings is 1. The van der Waals surface area contributed by atoms with Gasteiger partial charge in [0.15, 0.2) is 0 Å². The number of alkyl halides is 3. The summed E-state index contributed by atoms with van der Waals surface area (Å²) in [6.45, 7) is 0. The third kappa shape index (κ3) is 3.42. The Morgan fingerprint density at radius 2 is 1.73 bits per heavy atom. The number of sulfone groups is 1. The summed E-state index contributed by atoms with van der Waals surface area (Å²) in [6.07, 6.45) is 0. The Morgan fingerprint density at radius 3 is 2.38 bits per heavy atom. The number of hydrogen-bond donors (Lipinski definition) is 0. The van der Waals surface area contributed by atoms with Crippen LogP contribution in [0.25, 0.3) is 5.69 Å². The van der Waals surface area contributed by atoms with Crippen molar-refractivity contribution in [3.63, 3.8) is 0 Å². The van der Waals surface area contributed by atoms with E-state index in [0.717, 1.165) is 12.1 Å². The second-order valence-electron chi connectivity index (χ2n) is 4.85. The zero-order valence-corrected chi connectivity index (χ0v) is 14.2. The van der Waals surface area contributed by atoms with Crippen LogP contribution >= 0.6 is 11.8 Å². The van der Waals surface area contributed by atoms with Crippen LogP contribution in [0.2, 0.25) is 0 Å². The standard InChI is InChI=1S/C14H8F4N4O2S2/c15-9-6-7-11(12(8-9)26(23,24)14(16,17)18)25-13-19-20-21-22(13)10-4-2-1-3-5-10/h1-8H. The van der Waals surface area contributed by atoms with Gasteiger partial charge in [-0.2, -0.15) is 17.9 Å². The van der Waals surface area contributed by atoms with Crippen molar-refractivity contribution in [2.24, 2.45) is 0 Å². The molecule has 3 rings (SSSR count). The Morgan fingerprint density at radius 1 is 1.04 bits per heavy atom. The minimum absolute atomic E-state index is 0.0152. The van der Waals surface area contributed by atoms with Crippen LogP contribution in [0.5, 0.6) is 0 Å². The molecule has 3 aromatic rings. The Bertz CT molecular complexity index is 1040. The van der Waals surface area contributed by atoms with E-state index in [2.05, 4.69) is 15.5 Å². The van der Waals surface area contributed by atoms with Crippen molar-refractivity contribution in [2.45, 2.75) is 20.5 Å². The number of nitrogens with zero attached hydrogens (tertiary/aromatic N) is 4. The highest BCUT2D eigenvalue weighted by Crippen LogP contribution is 2.38. The van der Waals surface area contributed by atoms with Gasteiger partial charge in [0, 0.05) is 4.90 Å². The topological polar surface area (TPSA) is 77.7 Å². The first-order valence-electron chi connectivity index (χ1n) is 6.83. The van der Waals surface area contributed by atoms with Crippen molar-refractivity contribution in [3.8, 4) is 5.69 Å². The summed E-state index contributed by atoms with van der Waals surface area (Å²) < 4.78 is 76.8. The molecule has 0 saturated carbocycles. The molecular weight excluding hydrogens is 396 g/mol. The second kappa shape index (κ2) is 6.68. The largest absolute Gasteiger partial charge is 0.501 e. The van der Waals surface area contributed by atoms with Crippen LogP contribution < -0.4 is 0 Å². The lowest BCUT2D eigenvalue weighted by Crippen LogP contribution is -2.24. The molecule has 0 amide bonds. The number of aromatic nitrogens is 4. The number of para-hydroxylation sites is 1. The van der Waals surface area contributed by atoms with Gasteiger partial charge >= 0.3 is 5.51 Å². The molecule has 0 aliphatic rings. The lowest BCUT2D eigenvalue weighted by Gasteiger charge is -2.12. The van der Waals surface area contributed by atoms with E-state index in [1.54, 1.807) is 30.3 Å². The maximum absolute atomic E-state index is 13.4. The van der Waals surface area contributed by atoms with Crippen LogP contribution in [0.3, 0.4) is 0 Å². The summed E-state index contributed by atoms with van der Waals surface area (Å²) >= 11 is 0.575. The van der Waals surface area contributed by atoms with Crippen molar-refractivity contribution in [2.75, 3.05) is 0 Å². The zero-order chi connectivity index (χ0) is 18.9. The van der Waals surface area contributed by atoms with Crippen LogP contribution in [0, 0.1) is 5.82 Å². The molecule has 6 nitrogen and oxygen atoms in total. The van der Waals surface area contributed by atoms with Gasteiger partial charge in [-0.15, -0.1) is 5.10 Å².